The topological polar surface area (TPSA) is 73.2 Å². The molecule has 0 bridgehead atoms. The van der Waals surface area contributed by atoms with Crippen LogP contribution in [0.25, 0.3) is 6.08 Å². The highest BCUT2D eigenvalue weighted by molar-refractivity contribution is 6.33. The normalized spacial score (nSPS) is 10.8. The highest BCUT2D eigenvalue weighted by Gasteiger charge is 2.18. The molecule has 1 amide bonds. The number of anilines is 1. The zero-order chi connectivity index (χ0) is 17.7. The number of nitrogens with zero attached hydrogens (tertiary/aromatic N) is 2. The lowest BCUT2D eigenvalue weighted by Gasteiger charge is -2.05. The van der Waals surface area contributed by atoms with Gasteiger partial charge < -0.3 is 10.1 Å². The Morgan fingerprint density at radius 1 is 1.33 bits per heavy atom. The van der Waals surface area contributed by atoms with E-state index in [9.17, 15) is 9.59 Å². The number of esters is 1. The van der Waals surface area contributed by atoms with Gasteiger partial charge in [-0.15, -0.1) is 0 Å². The van der Waals surface area contributed by atoms with Crippen molar-refractivity contribution in [3.8, 4) is 0 Å². The number of aromatic nitrogens is 2. The molecule has 0 saturated heterocycles. The lowest BCUT2D eigenvalue weighted by atomic mass is 10.2. The minimum atomic E-state index is -0.392. The van der Waals surface area contributed by atoms with Crippen LogP contribution in [0.2, 0.25) is 5.15 Å². The van der Waals surface area contributed by atoms with Gasteiger partial charge in [0.25, 0.3) is 5.91 Å². The van der Waals surface area contributed by atoms with Gasteiger partial charge in [0.2, 0.25) is 0 Å². The zero-order valence-electron chi connectivity index (χ0n) is 13.7. The lowest BCUT2D eigenvalue weighted by Crippen LogP contribution is -2.13. The number of halogens is 1. The van der Waals surface area contributed by atoms with Gasteiger partial charge in [0.15, 0.2) is 0 Å². The maximum Gasteiger partial charge on any atom is 0.330 e. The molecule has 6 nitrogen and oxygen atoms in total. The number of amides is 1. The average Bonchev–Trinajstić information content (AvgIpc) is 2.79. The van der Waals surface area contributed by atoms with Crippen LogP contribution in [0.1, 0.15) is 28.5 Å². The van der Waals surface area contributed by atoms with Crippen molar-refractivity contribution in [1.29, 1.82) is 0 Å². The number of carbonyl (C=O) groups is 2. The van der Waals surface area contributed by atoms with Gasteiger partial charge in [0, 0.05) is 18.8 Å². The quantitative estimate of drug-likeness (QED) is 0.665. The monoisotopic (exact) mass is 347 g/mol. The van der Waals surface area contributed by atoms with Gasteiger partial charge in [-0.05, 0) is 37.6 Å². The molecule has 0 aliphatic rings. The number of ether oxygens (including phenoxy) is 1. The van der Waals surface area contributed by atoms with Gasteiger partial charge >= 0.3 is 5.97 Å². The van der Waals surface area contributed by atoms with Crippen molar-refractivity contribution in [1.82, 2.24) is 9.78 Å². The molecule has 0 fully saturated rings. The number of hydrogen-bond donors (Lipinski definition) is 1. The third kappa shape index (κ3) is 4.23. The van der Waals surface area contributed by atoms with Crippen LogP contribution in [-0.2, 0) is 16.6 Å². The number of benzene rings is 1. The molecule has 0 radical (unpaired) electrons. The van der Waals surface area contributed by atoms with E-state index < -0.39 is 5.97 Å². The van der Waals surface area contributed by atoms with E-state index in [4.69, 9.17) is 16.3 Å². The third-order valence-electron chi connectivity index (χ3n) is 3.25. The molecule has 0 unspecified atom stereocenters. The Hall–Kier alpha value is -2.60. The summed E-state index contributed by atoms with van der Waals surface area (Å²) in [5, 5.41) is 7.18. The van der Waals surface area contributed by atoms with Gasteiger partial charge in [-0.25, -0.2) is 4.79 Å². The van der Waals surface area contributed by atoms with Gasteiger partial charge in [-0.2, -0.15) is 5.10 Å². The summed E-state index contributed by atoms with van der Waals surface area (Å²) in [6.45, 7) is 3.81. The largest absolute Gasteiger partial charge is 0.463 e. The van der Waals surface area contributed by atoms with Crippen molar-refractivity contribution < 1.29 is 14.3 Å². The predicted octanol–water partition coefficient (Wildman–Crippen LogP) is 3.21. The summed E-state index contributed by atoms with van der Waals surface area (Å²) in [6, 6.07) is 7.04. The minimum absolute atomic E-state index is 0.291. The second-order valence-corrected chi connectivity index (χ2v) is 5.39. The molecule has 1 aromatic carbocycles. The highest BCUT2D eigenvalue weighted by Crippen LogP contribution is 2.20. The highest BCUT2D eigenvalue weighted by atomic mass is 35.5. The van der Waals surface area contributed by atoms with Crippen LogP contribution in [0.4, 0.5) is 5.69 Å². The Morgan fingerprint density at radius 2 is 2.00 bits per heavy atom. The summed E-state index contributed by atoms with van der Waals surface area (Å²) < 4.78 is 6.26. The second kappa shape index (κ2) is 7.79. The van der Waals surface area contributed by atoms with Crippen molar-refractivity contribution in [2.24, 2.45) is 7.05 Å². The van der Waals surface area contributed by atoms with Crippen LogP contribution in [-0.4, -0.2) is 28.3 Å². The van der Waals surface area contributed by atoms with Crippen molar-refractivity contribution in [3.63, 3.8) is 0 Å². The fourth-order valence-electron chi connectivity index (χ4n) is 2.11. The number of carbonyl (C=O) groups excluding carboxylic acids is 2. The van der Waals surface area contributed by atoms with Crippen LogP contribution < -0.4 is 5.32 Å². The van der Waals surface area contributed by atoms with E-state index in [-0.39, 0.29) is 5.91 Å². The minimum Gasteiger partial charge on any atom is -0.463 e. The van der Waals surface area contributed by atoms with Crippen LogP contribution >= 0.6 is 11.6 Å². The van der Waals surface area contributed by atoms with Gasteiger partial charge in [0.1, 0.15) is 5.15 Å². The Labute approximate surface area is 145 Å². The van der Waals surface area contributed by atoms with Crippen molar-refractivity contribution >= 4 is 35.2 Å². The molecule has 126 valence electrons. The van der Waals surface area contributed by atoms with E-state index in [1.165, 1.54) is 10.8 Å². The average molecular weight is 348 g/mol. The van der Waals surface area contributed by atoms with Crippen molar-refractivity contribution in [3.05, 3.63) is 52.3 Å². The predicted molar refractivity (Wildman–Crippen MR) is 93.0 cm³/mol. The van der Waals surface area contributed by atoms with E-state index in [0.717, 1.165) is 5.56 Å². The standard InChI is InChI=1S/C17H18ClN3O3/c1-4-24-14(22)10-7-12-5-8-13(9-6-12)19-17(23)15-11(2)20-21(3)16(15)18/h5-10H,4H2,1-3H3,(H,19,23). The second-order valence-electron chi connectivity index (χ2n) is 5.04. The van der Waals surface area contributed by atoms with Crippen molar-refractivity contribution in [2.45, 2.75) is 13.8 Å². The van der Waals surface area contributed by atoms with Crippen LogP contribution in [0.3, 0.4) is 0 Å². The summed E-state index contributed by atoms with van der Waals surface area (Å²) in [4.78, 5) is 23.6. The molecule has 24 heavy (non-hydrogen) atoms. The molecule has 0 spiro atoms. The molecular formula is C17H18ClN3O3. The summed E-state index contributed by atoms with van der Waals surface area (Å²) in [5.41, 5.74) is 2.35. The van der Waals surface area contributed by atoms with E-state index in [0.29, 0.717) is 28.7 Å². The Kier molecular flexibility index (Phi) is 5.76. The number of hydrogen-bond acceptors (Lipinski definition) is 4. The van der Waals surface area contributed by atoms with E-state index in [2.05, 4.69) is 10.4 Å². The van der Waals surface area contributed by atoms with E-state index in [1.807, 2.05) is 0 Å². The molecule has 0 atom stereocenters. The molecule has 1 N–H and O–H groups in total. The zero-order valence-corrected chi connectivity index (χ0v) is 14.4. The third-order valence-corrected chi connectivity index (χ3v) is 3.68. The smallest absolute Gasteiger partial charge is 0.330 e. The Balaban J connectivity index is 2.06. The lowest BCUT2D eigenvalue weighted by molar-refractivity contribution is -0.137. The summed E-state index contributed by atoms with van der Waals surface area (Å²) in [6.07, 6.45) is 3.00. The molecular weight excluding hydrogens is 330 g/mol. The maximum atomic E-state index is 12.3. The SMILES string of the molecule is CCOC(=O)C=Cc1ccc(NC(=O)c2c(C)nn(C)c2Cl)cc1. The van der Waals surface area contributed by atoms with Crippen molar-refractivity contribution in [2.75, 3.05) is 11.9 Å². The van der Waals surface area contributed by atoms with Gasteiger partial charge in [0.05, 0.1) is 17.9 Å². The molecule has 1 aromatic heterocycles. The van der Waals surface area contributed by atoms with Gasteiger partial charge in [-0.1, -0.05) is 23.7 Å². The van der Waals surface area contributed by atoms with Crippen LogP contribution in [0.15, 0.2) is 30.3 Å². The molecule has 0 aliphatic carbocycles. The summed E-state index contributed by atoms with van der Waals surface area (Å²) in [5.74, 6) is -0.711. The fraction of sp³-hybridized carbons (Fsp3) is 0.235. The first kappa shape index (κ1) is 17.7. The molecule has 2 aromatic rings. The number of rotatable bonds is 5. The molecule has 2 rings (SSSR count). The van der Waals surface area contributed by atoms with Gasteiger partial charge in [-0.3, -0.25) is 9.48 Å². The number of aryl methyl sites for hydroxylation is 2. The molecule has 1 heterocycles. The first-order valence-corrected chi connectivity index (χ1v) is 7.75. The fourth-order valence-corrected chi connectivity index (χ4v) is 2.37. The molecule has 7 heteroatoms. The maximum absolute atomic E-state index is 12.3. The van der Waals surface area contributed by atoms with Crippen LogP contribution in [0.5, 0.6) is 0 Å². The first-order chi connectivity index (χ1) is 11.4. The van der Waals surface area contributed by atoms with E-state index >= 15 is 0 Å². The molecule has 0 aliphatic heterocycles. The number of nitrogens with one attached hydrogen (secondary N) is 1. The Bertz CT molecular complexity index is 779. The Morgan fingerprint density at radius 3 is 2.54 bits per heavy atom. The first-order valence-electron chi connectivity index (χ1n) is 7.37. The summed E-state index contributed by atoms with van der Waals surface area (Å²) >= 11 is 6.08. The van der Waals surface area contributed by atoms with E-state index in [1.54, 1.807) is 51.2 Å². The molecule has 0 saturated carbocycles. The summed E-state index contributed by atoms with van der Waals surface area (Å²) in [7, 11) is 1.68. The van der Waals surface area contributed by atoms with Crippen LogP contribution in [0, 0.1) is 6.92 Å².